The summed E-state index contributed by atoms with van der Waals surface area (Å²) < 4.78 is 0.726. The third-order valence-corrected chi connectivity index (χ3v) is 4.53. The molecule has 0 saturated heterocycles. The summed E-state index contributed by atoms with van der Waals surface area (Å²) in [5.41, 5.74) is 0.833. The highest BCUT2D eigenvalue weighted by Crippen LogP contribution is 2.22. The number of carbonyl (C=O) groups is 1. The van der Waals surface area contributed by atoms with Crippen molar-refractivity contribution in [3.63, 3.8) is 0 Å². The zero-order chi connectivity index (χ0) is 13.7. The van der Waals surface area contributed by atoms with Crippen LogP contribution in [0.3, 0.4) is 0 Å². The summed E-state index contributed by atoms with van der Waals surface area (Å²) >= 11 is 8.81. The number of rotatable bonds is 5. The molecule has 2 heterocycles. The number of carbonyl (C=O) groups excluding carboxylic acids is 1. The van der Waals surface area contributed by atoms with E-state index >= 15 is 0 Å². The fourth-order valence-corrected chi connectivity index (χ4v) is 3.36. The Labute approximate surface area is 124 Å². The number of nitrogens with zero attached hydrogens (tertiary/aromatic N) is 1. The number of hydrogen-bond acceptors (Lipinski definition) is 4. The van der Waals surface area contributed by atoms with E-state index in [1.165, 1.54) is 22.7 Å². The van der Waals surface area contributed by atoms with Crippen molar-refractivity contribution >= 4 is 40.2 Å². The first kappa shape index (κ1) is 14.1. The van der Waals surface area contributed by atoms with Crippen molar-refractivity contribution in [2.75, 3.05) is 0 Å². The predicted octanol–water partition coefficient (Wildman–Crippen LogP) is 3.78. The van der Waals surface area contributed by atoms with Gasteiger partial charge in [-0.05, 0) is 40.9 Å². The van der Waals surface area contributed by atoms with Gasteiger partial charge < -0.3 is 5.32 Å². The second-order valence-electron chi connectivity index (χ2n) is 3.89. The fraction of sp³-hybridized carbons (Fsp3) is 0.231. The Hall–Kier alpha value is -1.35. The molecule has 1 amide bonds. The van der Waals surface area contributed by atoms with Crippen LogP contribution >= 0.6 is 34.3 Å². The Morgan fingerprint density at radius 2 is 2.32 bits per heavy atom. The maximum Gasteiger partial charge on any atom is 0.221 e. The lowest BCUT2D eigenvalue weighted by Crippen LogP contribution is -2.27. The van der Waals surface area contributed by atoms with E-state index in [4.69, 9.17) is 16.9 Å². The molecule has 1 atom stereocenters. The van der Waals surface area contributed by atoms with E-state index in [-0.39, 0.29) is 5.91 Å². The van der Waals surface area contributed by atoms with Crippen molar-refractivity contribution < 1.29 is 4.79 Å². The molecule has 98 valence electrons. The number of thiophene rings is 2. The van der Waals surface area contributed by atoms with Crippen LogP contribution in [0, 0.1) is 11.3 Å². The van der Waals surface area contributed by atoms with Crippen LogP contribution in [0.15, 0.2) is 29.0 Å². The van der Waals surface area contributed by atoms with Gasteiger partial charge in [-0.3, -0.25) is 4.79 Å². The maximum absolute atomic E-state index is 11.8. The molecule has 0 saturated carbocycles. The Bertz CT molecular complexity index is 586. The van der Waals surface area contributed by atoms with Crippen LogP contribution in [-0.2, 0) is 11.2 Å². The van der Waals surface area contributed by atoms with Gasteiger partial charge in [0.15, 0.2) is 0 Å². The third kappa shape index (κ3) is 4.06. The van der Waals surface area contributed by atoms with E-state index in [0.29, 0.717) is 12.8 Å². The number of nitrogens with one attached hydrogen (secondary N) is 1. The Balaban J connectivity index is 1.85. The van der Waals surface area contributed by atoms with E-state index in [0.717, 1.165) is 14.8 Å². The molecule has 0 aromatic carbocycles. The first-order chi connectivity index (χ1) is 9.19. The molecule has 2 aromatic rings. The van der Waals surface area contributed by atoms with Gasteiger partial charge >= 0.3 is 0 Å². The molecule has 0 bridgehead atoms. The molecular formula is C13H11ClN2OS2. The fourth-order valence-electron chi connectivity index (χ4n) is 1.59. The standard InChI is InChI=1S/C13H11ClN2OS2/c14-12-3-1-10(19-12)2-4-13(17)16-11(7-15)9-5-6-18-8-9/h1,3,5-6,8,11H,2,4H2,(H,16,17)/t11-/m0/s1. The van der Waals surface area contributed by atoms with Gasteiger partial charge in [0.2, 0.25) is 5.91 Å². The van der Waals surface area contributed by atoms with E-state index in [2.05, 4.69) is 11.4 Å². The summed E-state index contributed by atoms with van der Waals surface area (Å²) in [5, 5.41) is 15.5. The molecule has 3 nitrogen and oxygen atoms in total. The van der Waals surface area contributed by atoms with Crippen LogP contribution in [-0.4, -0.2) is 5.91 Å². The lowest BCUT2D eigenvalue weighted by Gasteiger charge is -2.09. The molecule has 6 heteroatoms. The highest BCUT2D eigenvalue weighted by molar-refractivity contribution is 7.16. The Morgan fingerprint density at radius 1 is 1.47 bits per heavy atom. The van der Waals surface area contributed by atoms with E-state index < -0.39 is 6.04 Å². The molecule has 0 aliphatic heterocycles. The summed E-state index contributed by atoms with van der Waals surface area (Å²) in [6, 6.07) is 7.11. The van der Waals surface area contributed by atoms with E-state index in [1.54, 1.807) is 0 Å². The smallest absolute Gasteiger partial charge is 0.221 e. The van der Waals surface area contributed by atoms with Gasteiger partial charge in [0.1, 0.15) is 6.04 Å². The molecule has 2 aromatic heterocycles. The van der Waals surface area contributed by atoms with Crippen molar-refractivity contribution in [2.24, 2.45) is 0 Å². The predicted molar refractivity (Wildman–Crippen MR) is 78.5 cm³/mol. The minimum absolute atomic E-state index is 0.123. The van der Waals surface area contributed by atoms with E-state index in [9.17, 15) is 4.79 Å². The molecule has 0 spiro atoms. The molecule has 0 fully saturated rings. The second-order valence-corrected chi connectivity index (χ2v) is 6.47. The lowest BCUT2D eigenvalue weighted by molar-refractivity contribution is -0.121. The van der Waals surface area contributed by atoms with Gasteiger partial charge in [-0.15, -0.1) is 11.3 Å². The van der Waals surface area contributed by atoms with Crippen LogP contribution in [0.5, 0.6) is 0 Å². The normalized spacial score (nSPS) is 11.8. The van der Waals surface area contributed by atoms with Gasteiger partial charge in [-0.1, -0.05) is 11.6 Å². The summed E-state index contributed by atoms with van der Waals surface area (Å²) in [7, 11) is 0. The highest BCUT2D eigenvalue weighted by Gasteiger charge is 2.14. The summed E-state index contributed by atoms with van der Waals surface area (Å²) in [6.07, 6.45) is 1.00. The average Bonchev–Trinajstić information content (AvgIpc) is 3.05. The van der Waals surface area contributed by atoms with Crippen LogP contribution in [0.1, 0.15) is 22.9 Å². The quantitative estimate of drug-likeness (QED) is 0.913. The number of nitriles is 1. The Morgan fingerprint density at radius 3 is 2.89 bits per heavy atom. The minimum Gasteiger partial charge on any atom is -0.337 e. The zero-order valence-electron chi connectivity index (χ0n) is 9.93. The maximum atomic E-state index is 11.8. The molecule has 0 radical (unpaired) electrons. The van der Waals surface area contributed by atoms with Crippen molar-refractivity contribution in [3.05, 3.63) is 43.7 Å². The van der Waals surface area contributed by atoms with Crippen molar-refractivity contribution in [2.45, 2.75) is 18.9 Å². The minimum atomic E-state index is -0.564. The average molecular weight is 311 g/mol. The van der Waals surface area contributed by atoms with Crippen LogP contribution in [0.2, 0.25) is 4.34 Å². The van der Waals surface area contributed by atoms with Crippen molar-refractivity contribution in [1.82, 2.24) is 5.32 Å². The summed E-state index contributed by atoms with van der Waals surface area (Å²) in [4.78, 5) is 12.9. The lowest BCUT2D eigenvalue weighted by atomic mass is 10.1. The van der Waals surface area contributed by atoms with Crippen LogP contribution in [0.25, 0.3) is 0 Å². The van der Waals surface area contributed by atoms with Gasteiger partial charge in [0.25, 0.3) is 0 Å². The largest absolute Gasteiger partial charge is 0.337 e. The molecular weight excluding hydrogens is 300 g/mol. The summed E-state index contributed by atoms with van der Waals surface area (Å²) in [5.74, 6) is -0.123. The van der Waals surface area contributed by atoms with Crippen LogP contribution < -0.4 is 5.32 Å². The van der Waals surface area contributed by atoms with Crippen molar-refractivity contribution in [1.29, 1.82) is 5.26 Å². The monoisotopic (exact) mass is 310 g/mol. The van der Waals surface area contributed by atoms with Crippen LogP contribution in [0.4, 0.5) is 0 Å². The molecule has 0 unspecified atom stereocenters. The molecule has 0 aliphatic carbocycles. The van der Waals surface area contributed by atoms with Gasteiger partial charge in [-0.25, -0.2) is 0 Å². The first-order valence-corrected chi connectivity index (χ1v) is 7.78. The third-order valence-electron chi connectivity index (χ3n) is 2.54. The van der Waals surface area contributed by atoms with Crippen molar-refractivity contribution in [3.8, 4) is 6.07 Å². The second kappa shape index (κ2) is 6.71. The molecule has 0 aliphatic rings. The first-order valence-electron chi connectivity index (χ1n) is 5.64. The highest BCUT2D eigenvalue weighted by atomic mass is 35.5. The molecule has 2 rings (SSSR count). The zero-order valence-corrected chi connectivity index (χ0v) is 12.3. The van der Waals surface area contributed by atoms with Gasteiger partial charge in [-0.2, -0.15) is 16.6 Å². The SMILES string of the molecule is N#C[C@H](NC(=O)CCc1ccc(Cl)s1)c1ccsc1. The van der Waals surface area contributed by atoms with E-state index in [1.807, 2.05) is 29.0 Å². The van der Waals surface area contributed by atoms with Gasteiger partial charge in [0.05, 0.1) is 10.4 Å². The topological polar surface area (TPSA) is 52.9 Å². The summed E-state index contributed by atoms with van der Waals surface area (Å²) in [6.45, 7) is 0. The number of hydrogen-bond donors (Lipinski definition) is 1. The number of amides is 1. The number of halogens is 1. The van der Waals surface area contributed by atoms with Gasteiger partial charge in [0, 0.05) is 11.3 Å². The number of aryl methyl sites for hydroxylation is 1. The molecule has 1 N–H and O–H groups in total. The molecule has 19 heavy (non-hydrogen) atoms. The Kier molecular flexibility index (Phi) is 4.97.